The zero-order chi connectivity index (χ0) is 13.7. The lowest BCUT2D eigenvalue weighted by Gasteiger charge is -2.13. The maximum absolute atomic E-state index is 5.40. The molecule has 0 saturated carbocycles. The Balaban J connectivity index is 1.96. The van der Waals surface area contributed by atoms with Crippen LogP contribution in [0.3, 0.4) is 0 Å². The minimum atomic E-state index is 0.371. The number of rotatable bonds is 6. The standard InChI is InChI=1S/C12H22N6O/c1-18-4-3-9(7-18)6-14-10-5-11(17-13)16-12(15-10)8-19-2/h5,9H,3-4,6-8,13H2,1-2H3,(H2,14,15,16,17). The van der Waals surface area contributed by atoms with Crippen LogP contribution in [0.15, 0.2) is 6.07 Å². The highest BCUT2D eigenvalue weighted by atomic mass is 16.5. The molecule has 4 N–H and O–H groups in total. The molecular weight excluding hydrogens is 244 g/mol. The van der Waals surface area contributed by atoms with Gasteiger partial charge in [-0.25, -0.2) is 15.8 Å². The van der Waals surface area contributed by atoms with E-state index in [0.29, 0.717) is 24.2 Å². The number of nitrogens with zero attached hydrogens (tertiary/aromatic N) is 3. The first-order valence-electron chi connectivity index (χ1n) is 6.47. The molecule has 0 amide bonds. The van der Waals surface area contributed by atoms with Crippen molar-refractivity contribution in [1.82, 2.24) is 14.9 Å². The molecule has 1 aromatic heterocycles. The lowest BCUT2D eigenvalue weighted by molar-refractivity contribution is 0.178. The second-order valence-corrected chi connectivity index (χ2v) is 4.93. The Hall–Kier alpha value is -1.44. The van der Waals surface area contributed by atoms with Gasteiger partial charge in [-0.15, -0.1) is 0 Å². The third kappa shape index (κ3) is 4.02. The second-order valence-electron chi connectivity index (χ2n) is 4.93. The van der Waals surface area contributed by atoms with Crippen molar-refractivity contribution in [3.63, 3.8) is 0 Å². The van der Waals surface area contributed by atoms with Crippen LogP contribution in [-0.4, -0.2) is 48.7 Å². The number of hydrogen-bond donors (Lipinski definition) is 3. The predicted octanol–water partition coefficient (Wildman–Crippen LogP) is 0.272. The summed E-state index contributed by atoms with van der Waals surface area (Å²) in [6, 6.07) is 1.80. The maximum atomic E-state index is 5.40. The van der Waals surface area contributed by atoms with Crippen molar-refractivity contribution >= 4 is 11.6 Å². The van der Waals surface area contributed by atoms with Crippen LogP contribution in [0.1, 0.15) is 12.2 Å². The number of anilines is 2. The molecule has 1 aromatic rings. The minimum Gasteiger partial charge on any atom is -0.377 e. The molecule has 1 fully saturated rings. The summed E-state index contributed by atoms with van der Waals surface area (Å²) in [4.78, 5) is 11.0. The molecule has 0 bridgehead atoms. The fourth-order valence-electron chi connectivity index (χ4n) is 2.30. The van der Waals surface area contributed by atoms with Gasteiger partial charge in [-0.05, 0) is 25.9 Å². The second kappa shape index (κ2) is 6.65. The van der Waals surface area contributed by atoms with Crippen LogP contribution in [-0.2, 0) is 11.3 Å². The SMILES string of the molecule is COCc1nc(NN)cc(NCC2CCN(C)C2)n1. The summed E-state index contributed by atoms with van der Waals surface area (Å²) < 4.78 is 5.05. The lowest BCUT2D eigenvalue weighted by Crippen LogP contribution is -2.20. The van der Waals surface area contributed by atoms with Crippen molar-refractivity contribution in [3.8, 4) is 0 Å². The molecule has 0 aliphatic carbocycles. The van der Waals surface area contributed by atoms with E-state index in [4.69, 9.17) is 10.6 Å². The van der Waals surface area contributed by atoms with E-state index < -0.39 is 0 Å². The molecule has 1 unspecified atom stereocenters. The number of likely N-dealkylation sites (tertiary alicyclic amines) is 1. The minimum absolute atomic E-state index is 0.371. The molecular formula is C12H22N6O. The van der Waals surface area contributed by atoms with E-state index in [0.717, 1.165) is 18.9 Å². The van der Waals surface area contributed by atoms with Crippen molar-refractivity contribution in [1.29, 1.82) is 0 Å². The summed E-state index contributed by atoms with van der Waals surface area (Å²) in [5.74, 6) is 8.06. The average Bonchev–Trinajstić information content (AvgIpc) is 2.82. The first kappa shape index (κ1) is 14.0. The molecule has 1 aliphatic heterocycles. The van der Waals surface area contributed by atoms with Crippen molar-refractivity contribution in [2.45, 2.75) is 13.0 Å². The first-order chi connectivity index (χ1) is 9.21. The van der Waals surface area contributed by atoms with Gasteiger partial charge in [0.25, 0.3) is 0 Å². The highest BCUT2D eigenvalue weighted by molar-refractivity contribution is 5.46. The summed E-state index contributed by atoms with van der Waals surface area (Å²) in [5, 5.41) is 3.35. The Bertz CT molecular complexity index is 413. The molecule has 1 aliphatic rings. The molecule has 1 atom stereocenters. The van der Waals surface area contributed by atoms with Crippen LogP contribution in [0.2, 0.25) is 0 Å². The monoisotopic (exact) mass is 266 g/mol. The van der Waals surface area contributed by atoms with Gasteiger partial charge in [-0.2, -0.15) is 0 Å². The Morgan fingerprint density at radius 2 is 2.26 bits per heavy atom. The summed E-state index contributed by atoms with van der Waals surface area (Å²) in [5.41, 5.74) is 2.55. The Morgan fingerprint density at radius 1 is 1.47 bits per heavy atom. The van der Waals surface area contributed by atoms with Gasteiger partial charge in [0.15, 0.2) is 5.82 Å². The van der Waals surface area contributed by atoms with Crippen molar-refractivity contribution in [3.05, 3.63) is 11.9 Å². The predicted molar refractivity (Wildman–Crippen MR) is 74.6 cm³/mol. The molecule has 106 valence electrons. The van der Waals surface area contributed by atoms with Gasteiger partial charge in [0.2, 0.25) is 0 Å². The number of nitrogens with one attached hydrogen (secondary N) is 2. The van der Waals surface area contributed by atoms with E-state index >= 15 is 0 Å². The summed E-state index contributed by atoms with van der Waals surface area (Å²) >= 11 is 0. The van der Waals surface area contributed by atoms with E-state index in [1.165, 1.54) is 13.0 Å². The highest BCUT2D eigenvalue weighted by Gasteiger charge is 2.19. The summed E-state index contributed by atoms with van der Waals surface area (Å²) in [7, 11) is 3.77. The van der Waals surface area contributed by atoms with Crippen LogP contribution in [0, 0.1) is 5.92 Å². The van der Waals surface area contributed by atoms with Crippen molar-refractivity contribution in [2.24, 2.45) is 11.8 Å². The summed E-state index contributed by atoms with van der Waals surface area (Å²) in [6.07, 6.45) is 1.22. The number of hydrogen-bond acceptors (Lipinski definition) is 7. The molecule has 7 nitrogen and oxygen atoms in total. The summed E-state index contributed by atoms with van der Waals surface area (Å²) in [6.45, 7) is 3.58. The zero-order valence-electron chi connectivity index (χ0n) is 11.5. The fraction of sp³-hybridized carbons (Fsp3) is 0.667. The van der Waals surface area contributed by atoms with Gasteiger partial charge in [-0.1, -0.05) is 0 Å². The van der Waals surface area contributed by atoms with Gasteiger partial charge in [0.1, 0.15) is 18.2 Å². The molecule has 0 spiro atoms. The molecule has 7 heteroatoms. The largest absolute Gasteiger partial charge is 0.377 e. The van der Waals surface area contributed by atoms with E-state index in [1.807, 2.05) is 0 Å². The van der Waals surface area contributed by atoms with Crippen LogP contribution in [0.5, 0.6) is 0 Å². The van der Waals surface area contributed by atoms with Crippen LogP contribution >= 0.6 is 0 Å². The Morgan fingerprint density at radius 3 is 2.89 bits per heavy atom. The lowest BCUT2D eigenvalue weighted by atomic mass is 10.1. The van der Waals surface area contributed by atoms with Gasteiger partial charge in [0.05, 0.1) is 0 Å². The highest BCUT2D eigenvalue weighted by Crippen LogP contribution is 2.16. The van der Waals surface area contributed by atoms with Crippen LogP contribution in [0.25, 0.3) is 0 Å². The topological polar surface area (TPSA) is 88.3 Å². The molecule has 19 heavy (non-hydrogen) atoms. The van der Waals surface area contributed by atoms with E-state index in [2.05, 4.69) is 32.7 Å². The Labute approximate surface area is 113 Å². The van der Waals surface area contributed by atoms with Gasteiger partial charge in [0, 0.05) is 26.3 Å². The zero-order valence-corrected chi connectivity index (χ0v) is 11.5. The normalized spacial score (nSPS) is 19.6. The molecule has 0 aromatic carbocycles. The molecule has 0 radical (unpaired) electrons. The number of ether oxygens (including phenoxy) is 1. The third-order valence-corrected chi connectivity index (χ3v) is 3.25. The number of hydrazine groups is 1. The third-order valence-electron chi connectivity index (χ3n) is 3.25. The molecule has 2 heterocycles. The van der Waals surface area contributed by atoms with E-state index in [9.17, 15) is 0 Å². The van der Waals surface area contributed by atoms with Crippen molar-refractivity contribution < 1.29 is 4.74 Å². The van der Waals surface area contributed by atoms with Gasteiger partial charge < -0.3 is 20.4 Å². The van der Waals surface area contributed by atoms with Gasteiger partial charge >= 0.3 is 0 Å². The Kier molecular flexibility index (Phi) is 4.89. The first-order valence-corrected chi connectivity index (χ1v) is 6.47. The van der Waals surface area contributed by atoms with Crippen LogP contribution in [0.4, 0.5) is 11.6 Å². The number of methoxy groups -OCH3 is 1. The molecule has 1 saturated heterocycles. The van der Waals surface area contributed by atoms with Crippen molar-refractivity contribution in [2.75, 3.05) is 44.5 Å². The van der Waals surface area contributed by atoms with E-state index in [-0.39, 0.29) is 0 Å². The van der Waals surface area contributed by atoms with Gasteiger partial charge in [-0.3, -0.25) is 0 Å². The number of nitrogens with two attached hydrogens (primary N) is 1. The number of aromatic nitrogens is 2. The quantitative estimate of drug-likeness (QED) is 0.503. The fourth-order valence-corrected chi connectivity index (χ4v) is 2.30. The van der Waals surface area contributed by atoms with E-state index in [1.54, 1.807) is 13.2 Å². The van der Waals surface area contributed by atoms with Crippen LogP contribution < -0.4 is 16.6 Å². The average molecular weight is 266 g/mol. The maximum Gasteiger partial charge on any atom is 0.158 e. The molecule has 2 rings (SSSR count). The number of nitrogen functional groups attached to an aromatic ring is 1. The smallest absolute Gasteiger partial charge is 0.158 e.